The highest BCUT2D eigenvalue weighted by Gasteiger charge is 1.84. The molecule has 0 bridgehead atoms. The van der Waals surface area contributed by atoms with Crippen molar-refractivity contribution >= 4 is 6.47 Å². The number of benzene rings is 1. The summed E-state index contributed by atoms with van der Waals surface area (Å²) in [6.45, 7) is 8.77. The van der Waals surface area contributed by atoms with Crippen molar-refractivity contribution in [3.63, 3.8) is 0 Å². The minimum Gasteiger partial charge on any atom is -0.429 e. The lowest BCUT2D eigenvalue weighted by Gasteiger charge is -1.92. The van der Waals surface area contributed by atoms with Crippen LogP contribution >= 0.6 is 0 Å². The summed E-state index contributed by atoms with van der Waals surface area (Å²) >= 11 is 0. The lowest BCUT2D eigenvalue weighted by molar-refractivity contribution is -0.120. The zero-order valence-electron chi connectivity index (χ0n) is 10.2. The molecule has 86 valence electrons. The Labute approximate surface area is 93.3 Å². The average Bonchev–Trinajstić information content (AvgIpc) is 2.34. The Kier molecular flexibility index (Phi) is 16.3. The summed E-state index contributed by atoms with van der Waals surface area (Å²) in [5.74, 6) is 0.576. The first-order valence-corrected chi connectivity index (χ1v) is 5.50. The van der Waals surface area contributed by atoms with Gasteiger partial charge >= 0.3 is 0 Å². The van der Waals surface area contributed by atoms with E-state index in [0.29, 0.717) is 12.2 Å². The topological polar surface area (TPSA) is 26.3 Å². The van der Waals surface area contributed by atoms with Gasteiger partial charge in [-0.2, -0.15) is 0 Å². The Bertz CT molecular complexity index is 205. The molecule has 0 amide bonds. The standard InChI is InChI=1S/C7H6O2.C4H10.C2H6/c8-6-9-7-4-2-1-3-5-7;1-3-4-2;1-2/h1-6H;3-4H2,1-2H3;1-2H3. The third-order valence-corrected chi connectivity index (χ3v) is 1.43. The molecule has 2 heteroatoms. The number of carbonyl (C=O) groups excluding carboxylic acids is 1. The van der Waals surface area contributed by atoms with Gasteiger partial charge in [-0.1, -0.05) is 58.7 Å². The van der Waals surface area contributed by atoms with E-state index in [1.165, 1.54) is 12.8 Å². The van der Waals surface area contributed by atoms with Crippen LogP contribution in [0.5, 0.6) is 5.75 Å². The first-order chi connectivity index (χ1) is 7.35. The lowest BCUT2D eigenvalue weighted by atomic mass is 10.3. The van der Waals surface area contributed by atoms with Gasteiger partial charge in [-0.25, -0.2) is 0 Å². The number of hydrogen-bond acceptors (Lipinski definition) is 2. The van der Waals surface area contributed by atoms with Crippen LogP contribution < -0.4 is 4.74 Å². The summed E-state index contributed by atoms with van der Waals surface area (Å²) in [6.07, 6.45) is 2.64. The Morgan fingerprint density at radius 1 is 1.07 bits per heavy atom. The number of ether oxygens (including phenoxy) is 1. The van der Waals surface area contributed by atoms with E-state index < -0.39 is 0 Å². The summed E-state index contributed by atoms with van der Waals surface area (Å²) < 4.78 is 4.53. The third kappa shape index (κ3) is 12.7. The molecule has 0 aliphatic rings. The SMILES string of the molecule is CC.CCCC.O=COc1ccccc1. The monoisotopic (exact) mass is 210 g/mol. The summed E-state index contributed by atoms with van der Waals surface area (Å²) in [6, 6.07) is 8.90. The zero-order valence-corrected chi connectivity index (χ0v) is 10.2. The summed E-state index contributed by atoms with van der Waals surface area (Å²) in [4.78, 5) is 9.75. The van der Waals surface area contributed by atoms with E-state index in [1.807, 2.05) is 19.9 Å². The summed E-state index contributed by atoms with van der Waals surface area (Å²) in [5, 5.41) is 0. The highest BCUT2D eigenvalue weighted by atomic mass is 16.5. The molecule has 0 aliphatic heterocycles. The highest BCUT2D eigenvalue weighted by molar-refractivity contribution is 5.44. The van der Waals surface area contributed by atoms with E-state index in [2.05, 4.69) is 18.6 Å². The second-order valence-electron chi connectivity index (χ2n) is 2.53. The molecule has 1 rings (SSSR count). The molecule has 0 N–H and O–H groups in total. The molecule has 0 atom stereocenters. The molecular formula is C13H22O2. The molecule has 0 heterocycles. The Balaban J connectivity index is 0. The minimum atomic E-state index is 0.412. The van der Waals surface area contributed by atoms with Crippen molar-refractivity contribution in [2.45, 2.75) is 40.5 Å². The van der Waals surface area contributed by atoms with Gasteiger partial charge in [-0.05, 0) is 12.1 Å². The van der Waals surface area contributed by atoms with Crippen molar-refractivity contribution in [2.75, 3.05) is 0 Å². The molecule has 1 aromatic rings. The number of rotatable bonds is 3. The number of para-hydroxylation sites is 1. The molecule has 0 aromatic heterocycles. The number of unbranched alkanes of at least 4 members (excludes halogenated alkanes) is 1. The number of hydrogen-bond donors (Lipinski definition) is 0. The molecule has 1 aromatic carbocycles. The first kappa shape index (κ1) is 16.1. The van der Waals surface area contributed by atoms with Crippen molar-refractivity contribution < 1.29 is 9.53 Å². The van der Waals surface area contributed by atoms with Crippen LogP contribution in [0.2, 0.25) is 0 Å². The molecule has 0 aliphatic carbocycles. The van der Waals surface area contributed by atoms with Crippen LogP contribution in [0.15, 0.2) is 30.3 Å². The Hall–Kier alpha value is -1.31. The fourth-order valence-corrected chi connectivity index (χ4v) is 0.555. The van der Waals surface area contributed by atoms with Crippen molar-refractivity contribution in [1.82, 2.24) is 0 Å². The maximum atomic E-state index is 9.75. The van der Waals surface area contributed by atoms with Crippen LogP contribution in [0, 0.1) is 0 Å². The maximum Gasteiger partial charge on any atom is 0.298 e. The molecule has 0 fully saturated rings. The van der Waals surface area contributed by atoms with E-state index in [4.69, 9.17) is 0 Å². The van der Waals surface area contributed by atoms with Crippen LogP contribution in [-0.2, 0) is 4.79 Å². The van der Waals surface area contributed by atoms with Gasteiger partial charge in [-0.3, -0.25) is 4.79 Å². The van der Waals surface area contributed by atoms with Crippen LogP contribution in [-0.4, -0.2) is 6.47 Å². The summed E-state index contributed by atoms with van der Waals surface area (Å²) in [5.41, 5.74) is 0. The predicted octanol–water partition coefficient (Wildman–Crippen LogP) is 4.05. The molecule has 0 saturated heterocycles. The minimum absolute atomic E-state index is 0.412. The highest BCUT2D eigenvalue weighted by Crippen LogP contribution is 2.05. The van der Waals surface area contributed by atoms with E-state index in [-0.39, 0.29) is 0 Å². The van der Waals surface area contributed by atoms with Crippen molar-refractivity contribution in [2.24, 2.45) is 0 Å². The van der Waals surface area contributed by atoms with Gasteiger partial charge in [-0.15, -0.1) is 0 Å². The van der Waals surface area contributed by atoms with Gasteiger partial charge in [0.2, 0.25) is 0 Å². The van der Waals surface area contributed by atoms with Crippen LogP contribution in [0.3, 0.4) is 0 Å². The predicted molar refractivity (Wildman–Crippen MR) is 65.1 cm³/mol. The van der Waals surface area contributed by atoms with Gasteiger partial charge in [0.05, 0.1) is 0 Å². The molecule has 15 heavy (non-hydrogen) atoms. The average molecular weight is 210 g/mol. The van der Waals surface area contributed by atoms with Gasteiger partial charge in [0.15, 0.2) is 0 Å². The second kappa shape index (κ2) is 15.2. The normalized spacial score (nSPS) is 7.47. The van der Waals surface area contributed by atoms with Gasteiger partial charge in [0.1, 0.15) is 5.75 Å². The third-order valence-electron chi connectivity index (χ3n) is 1.43. The molecule has 0 radical (unpaired) electrons. The smallest absolute Gasteiger partial charge is 0.298 e. The molecule has 0 saturated carbocycles. The van der Waals surface area contributed by atoms with Gasteiger partial charge in [0.25, 0.3) is 6.47 Å². The Morgan fingerprint density at radius 2 is 1.53 bits per heavy atom. The fourth-order valence-electron chi connectivity index (χ4n) is 0.555. The Morgan fingerprint density at radius 3 is 1.87 bits per heavy atom. The largest absolute Gasteiger partial charge is 0.429 e. The van der Waals surface area contributed by atoms with Crippen LogP contribution in [0.1, 0.15) is 40.5 Å². The van der Waals surface area contributed by atoms with Crippen LogP contribution in [0.4, 0.5) is 0 Å². The zero-order chi connectivity index (χ0) is 11.9. The molecule has 2 nitrogen and oxygen atoms in total. The van der Waals surface area contributed by atoms with E-state index >= 15 is 0 Å². The van der Waals surface area contributed by atoms with E-state index in [0.717, 1.165) is 0 Å². The molecular weight excluding hydrogens is 188 g/mol. The maximum absolute atomic E-state index is 9.75. The molecule has 0 unspecified atom stereocenters. The van der Waals surface area contributed by atoms with Gasteiger partial charge in [0, 0.05) is 0 Å². The second-order valence-corrected chi connectivity index (χ2v) is 2.53. The first-order valence-electron chi connectivity index (χ1n) is 5.50. The number of carbonyl (C=O) groups is 1. The van der Waals surface area contributed by atoms with Crippen molar-refractivity contribution in [3.8, 4) is 5.75 Å². The fraction of sp³-hybridized carbons (Fsp3) is 0.462. The quantitative estimate of drug-likeness (QED) is 0.703. The summed E-state index contributed by atoms with van der Waals surface area (Å²) in [7, 11) is 0. The van der Waals surface area contributed by atoms with E-state index in [9.17, 15) is 4.79 Å². The van der Waals surface area contributed by atoms with E-state index in [1.54, 1.807) is 24.3 Å². The van der Waals surface area contributed by atoms with Gasteiger partial charge < -0.3 is 4.74 Å². The lowest BCUT2D eigenvalue weighted by Crippen LogP contribution is -1.85. The van der Waals surface area contributed by atoms with Crippen molar-refractivity contribution in [3.05, 3.63) is 30.3 Å². The molecule has 0 spiro atoms. The van der Waals surface area contributed by atoms with Crippen molar-refractivity contribution in [1.29, 1.82) is 0 Å². The van der Waals surface area contributed by atoms with Crippen LogP contribution in [0.25, 0.3) is 0 Å².